The third kappa shape index (κ3) is 3.05. The summed E-state index contributed by atoms with van der Waals surface area (Å²) in [5.74, 6) is -12.0. The van der Waals surface area contributed by atoms with Gasteiger partial charge in [-0.3, -0.25) is 0 Å². The van der Waals surface area contributed by atoms with Crippen molar-refractivity contribution in [3.8, 4) is 0 Å². The van der Waals surface area contributed by atoms with Crippen LogP contribution >= 0.6 is 0 Å². The van der Waals surface area contributed by atoms with Gasteiger partial charge in [-0.15, -0.1) is 0 Å². The molecule has 0 aromatic rings. The molecule has 0 aromatic carbocycles. The van der Waals surface area contributed by atoms with Crippen molar-refractivity contribution in [1.29, 1.82) is 0 Å². The number of aliphatic hydroxyl groups is 1. The predicted octanol–water partition coefficient (Wildman–Crippen LogP) is 3.00. The minimum Gasteiger partial charge on any atom is -0.384 e. The average molecular weight is 286 g/mol. The molecule has 0 aliphatic heterocycles. The van der Waals surface area contributed by atoms with Gasteiger partial charge in [-0.05, 0) is 13.8 Å². The number of halogens is 7. The molecule has 18 heavy (non-hydrogen) atoms. The molecule has 0 spiro atoms. The van der Waals surface area contributed by atoms with Crippen LogP contribution in [0.4, 0.5) is 30.7 Å². The Morgan fingerprint density at radius 1 is 0.944 bits per heavy atom. The van der Waals surface area contributed by atoms with Crippen molar-refractivity contribution in [2.75, 3.05) is 13.2 Å². The van der Waals surface area contributed by atoms with E-state index in [2.05, 4.69) is 4.74 Å². The highest BCUT2D eigenvalue weighted by atomic mass is 19.4. The zero-order valence-electron chi connectivity index (χ0n) is 9.62. The molecule has 9 heteroatoms. The van der Waals surface area contributed by atoms with Crippen LogP contribution in [0.25, 0.3) is 0 Å². The van der Waals surface area contributed by atoms with Crippen molar-refractivity contribution in [1.82, 2.24) is 0 Å². The molecular formula is C9H13F7O2. The van der Waals surface area contributed by atoms with Crippen molar-refractivity contribution in [2.24, 2.45) is 0 Å². The Morgan fingerprint density at radius 2 is 1.39 bits per heavy atom. The van der Waals surface area contributed by atoms with Crippen LogP contribution in [0, 0.1) is 0 Å². The third-order valence-corrected chi connectivity index (χ3v) is 2.36. The largest absolute Gasteiger partial charge is 0.459 e. The molecule has 1 N–H and O–H groups in total. The number of alkyl halides is 7. The molecule has 110 valence electrons. The van der Waals surface area contributed by atoms with Crippen LogP contribution in [-0.2, 0) is 4.74 Å². The summed E-state index contributed by atoms with van der Waals surface area (Å²) < 4.78 is 91.7. The fraction of sp³-hybridized carbons (Fsp3) is 1.00. The first-order chi connectivity index (χ1) is 7.81. The summed E-state index contributed by atoms with van der Waals surface area (Å²) in [6.07, 6.45) is -7.51. The lowest BCUT2D eigenvalue weighted by Gasteiger charge is -2.38. The average Bonchev–Trinajstić information content (AvgIpc) is 2.15. The van der Waals surface area contributed by atoms with E-state index >= 15 is 0 Å². The molecule has 0 amide bonds. The highest BCUT2D eigenvalue weighted by Gasteiger charge is 2.78. The summed E-state index contributed by atoms with van der Waals surface area (Å²) in [5.41, 5.74) is -3.54. The highest BCUT2D eigenvalue weighted by molar-refractivity contribution is 5.02. The van der Waals surface area contributed by atoms with E-state index in [1.165, 1.54) is 6.92 Å². The van der Waals surface area contributed by atoms with Gasteiger partial charge in [0.15, 0.2) is 0 Å². The minimum absolute atomic E-state index is 0.0529. The zero-order valence-corrected chi connectivity index (χ0v) is 9.62. The molecule has 0 aliphatic carbocycles. The van der Waals surface area contributed by atoms with E-state index in [1.54, 1.807) is 0 Å². The molecule has 0 fully saturated rings. The topological polar surface area (TPSA) is 29.5 Å². The first-order valence-corrected chi connectivity index (χ1v) is 4.93. The van der Waals surface area contributed by atoms with E-state index in [0.29, 0.717) is 0 Å². The maximum absolute atomic E-state index is 13.1. The lowest BCUT2D eigenvalue weighted by molar-refractivity contribution is -0.386. The van der Waals surface area contributed by atoms with Crippen molar-refractivity contribution < 1.29 is 40.6 Å². The molecule has 0 unspecified atom stereocenters. The Kier molecular flexibility index (Phi) is 5.03. The van der Waals surface area contributed by atoms with Gasteiger partial charge in [-0.1, -0.05) is 0 Å². The molecule has 2 nitrogen and oxygen atoms in total. The van der Waals surface area contributed by atoms with E-state index in [0.717, 1.165) is 0 Å². The summed E-state index contributed by atoms with van der Waals surface area (Å²) in [7, 11) is 0. The van der Waals surface area contributed by atoms with Crippen LogP contribution in [0.1, 0.15) is 20.3 Å². The van der Waals surface area contributed by atoms with Gasteiger partial charge >= 0.3 is 18.0 Å². The van der Waals surface area contributed by atoms with Gasteiger partial charge in [0, 0.05) is 19.6 Å². The molecule has 0 aliphatic rings. The molecular weight excluding hydrogens is 273 g/mol. The van der Waals surface area contributed by atoms with Crippen LogP contribution < -0.4 is 0 Å². The molecule has 0 radical (unpaired) electrons. The van der Waals surface area contributed by atoms with Crippen molar-refractivity contribution in [2.45, 2.75) is 43.9 Å². The molecule has 0 heterocycles. The third-order valence-electron chi connectivity index (χ3n) is 2.36. The van der Waals surface area contributed by atoms with Gasteiger partial charge in [0.2, 0.25) is 0 Å². The van der Waals surface area contributed by atoms with Gasteiger partial charge < -0.3 is 9.84 Å². The van der Waals surface area contributed by atoms with E-state index in [-0.39, 0.29) is 13.5 Å². The van der Waals surface area contributed by atoms with E-state index < -0.39 is 36.7 Å². The standard InChI is InChI=1S/C9H13F7O2/c1-3-18-5-4-6(2,17)7(10,11)8(12,13)9(14,15)16/h17H,3-5H2,1-2H3/t6-/m0/s1. The van der Waals surface area contributed by atoms with E-state index in [9.17, 15) is 30.7 Å². The summed E-state index contributed by atoms with van der Waals surface area (Å²) in [6.45, 7) is 1.17. The lowest BCUT2D eigenvalue weighted by atomic mass is 9.89. The fourth-order valence-corrected chi connectivity index (χ4v) is 1.09. The van der Waals surface area contributed by atoms with Gasteiger partial charge in [-0.25, -0.2) is 0 Å². The van der Waals surface area contributed by atoms with Gasteiger partial charge in [0.05, 0.1) is 0 Å². The second-order valence-corrected chi connectivity index (χ2v) is 3.87. The SMILES string of the molecule is CCOCC[C@](C)(O)C(F)(F)C(F)(F)C(F)(F)F. The molecule has 0 aromatic heterocycles. The molecule has 0 bridgehead atoms. The van der Waals surface area contributed by atoms with Crippen molar-refractivity contribution in [3.63, 3.8) is 0 Å². The first kappa shape index (κ1) is 17.4. The summed E-state index contributed by atoms with van der Waals surface area (Å²) >= 11 is 0. The monoisotopic (exact) mass is 286 g/mol. The second-order valence-electron chi connectivity index (χ2n) is 3.87. The number of ether oxygens (including phenoxy) is 1. The predicted molar refractivity (Wildman–Crippen MR) is 47.7 cm³/mol. The zero-order chi connectivity index (χ0) is 14.8. The highest BCUT2D eigenvalue weighted by Crippen LogP contribution is 2.51. The van der Waals surface area contributed by atoms with E-state index in [4.69, 9.17) is 5.11 Å². The smallest absolute Gasteiger partial charge is 0.384 e. The number of rotatable bonds is 6. The summed E-state index contributed by atoms with van der Waals surface area (Å²) in [4.78, 5) is 0. The maximum Gasteiger partial charge on any atom is 0.459 e. The summed E-state index contributed by atoms with van der Waals surface area (Å²) in [5, 5.41) is 9.16. The Hall–Kier alpha value is -0.570. The second kappa shape index (κ2) is 5.20. The lowest BCUT2D eigenvalue weighted by Crippen LogP contribution is -2.63. The Bertz CT molecular complexity index is 273. The Labute approximate surface area is 98.7 Å². The maximum atomic E-state index is 13.1. The van der Waals surface area contributed by atoms with Crippen LogP contribution in [0.2, 0.25) is 0 Å². The molecule has 1 atom stereocenters. The Balaban J connectivity index is 5.11. The molecule has 0 saturated heterocycles. The first-order valence-electron chi connectivity index (χ1n) is 4.93. The Morgan fingerprint density at radius 3 is 1.72 bits per heavy atom. The molecule has 0 rings (SSSR count). The quantitative estimate of drug-likeness (QED) is 0.601. The van der Waals surface area contributed by atoms with Crippen molar-refractivity contribution >= 4 is 0 Å². The van der Waals surface area contributed by atoms with Crippen LogP contribution in [0.5, 0.6) is 0 Å². The van der Waals surface area contributed by atoms with Crippen LogP contribution in [-0.4, -0.2) is 41.9 Å². The normalized spacial score (nSPS) is 17.7. The van der Waals surface area contributed by atoms with Crippen LogP contribution in [0.3, 0.4) is 0 Å². The number of hydrogen-bond donors (Lipinski definition) is 1. The number of hydrogen-bond acceptors (Lipinski definition) is 2. The molecule has 0 saturated carbocycles. The van der Waals surface area contributed by atoms with E-state index in [1.807, 2.05) is 0 Å². The van der Waals surface area contributed by atoms with Gasteiger partial charge in [0.25, 0.3) is 0 Å². The minimum atomic E-state index is -6.45. The summed E-state index contributed by atoms with van der Waals surface area (Å²) in [6, 6.07) is 0. The fourth-order valence-electron chi connectivity index (χ4n) is 1.09. The van der Waals surface area contributed by atoms with Crippen molar-refractivity contribution in [3.05, 3.63) is 0 Å². The van der Waals surface area contributed by atoms with Crippen LogP contribution in [0.15, 0.2) is 0 Å². The van der Waals surface area contributed by atoms with Gasteiger partial charge in [-0.2, -0.15) is 30.7 Å². The van der Waals surface area contributed by atoms with Gasteiger partial charge in [0.1, 0.15) is 5.60 Å².